The lowest BCUT2D eigenvalue weighted by molar-refractivity contribution is -0.121. The van der Waals surface area contributed by atoms with Gasteiger partial charge in [0.05, 0.1) is 11.1 Å². The van der Waals surface area contributed by atoms with E-state index in [0.717, 1.165) is 34.7 Å². The zero-order valence-corrected chi connectivity index (χ0v) is 16.9. The lowest BCUT2D eigenvalue weighted by Gasteiger charge is -2.20. The molecule has 1 saturated heterocycles. The molecule has 0 N–H and O–H groups in total. The number of carbonyl (C=O) groups excluding carboxylic acids is 2. The fourth-order valence-corrected chi connectivity index (χ4v) is 5.43. The summed E-state index contributed by atoms with van der Waals surface area (Å²) in [7, 11) is 0. The average Bonchev–Trinajstić information content (AvgIpc) is 3.15. The highest BCUT2D eigenvalue weighted by molar-refractivity contribution is 8.00. The summed E-state index contributed by atoms with van der Waals surface area (Å²) in [5.41, 5.74) is 2.78. The fourth-order valence-electron chi connectivity index (χ4n) is 4.17. The summed E-state index contributed by atoms with van der Waals surface area (Å²) >= 11 is 1.96. The maximum Gasteiger partial charge on any atom is 0.241 e. The first kappa shape index (κ1) is 18.3. The van der Waals surface area contributed by atoms with Gasteiger partial charge in [0.1, 0.15) is 0 Å². The summed E-state index contributed by atoms with van der Waals surface area (Å²) in [6.07, 6.45) is 1.72. The van der Waals surface area contributed by atoms with Gasteiger partial charge in [0.15, 0.2) is 5.78 Å². The van der Waals surface area contributed by atoms with Crippen molar-refractivity contribution in [2.75, 3.05) is 10.7 Å². The summed E-state index contributed by atoms with van der Waals surface area (Å²) in [5, 5.41) is 0.652. The predicted octanol–water partition coefficient (Wildman–Crippen LogP) is 5.36. The summed E-state index contributed by atoms with van der Waals surface area (Å²) in [5.74, 6) is 1.79. The molecule has 0 bridgehead atoms. The van der Waals surface area contributed by atoms with Crippen LogP contribution in [0.15, 0.2) is 48.5 Å². The lowest BCUT2D eigenvalue weighted by Crippen LogP contribution is -2.33. The average molecular weight is 380 g/mol. The first-order valence-electron chi connectivity index (χ1n) is 9.57. The highest BCUT2D eigenvalue weighted by atomic mass is 32.2. The molecule has 2 aromatic carbocycles. The van der Waals surface area contributed by atoms with Crippen LogP contribution in [0, 0.1) is 5.92 Å². The van der Waals surface area contributed by atoms with Crippen molar-refractivity contribution in [3.8, 4) is 0 Å². The molecule has 2 aromatic rings. The molecule has 1 fully saturated rings. The van der Waals surface area contributed by atoms with Crippen molar-refractivity contribution in [3.63, 3.8) is 0 Å². The minimum Gasteiger partial charge on any atom is -0.294 e. The van der Waals surface area contributed by atoms with Crippen molar-refractivity contribution >= 4 is 34.8 Å². The van der Waals surface area contributed by atoms with E-state index in [0.29, 0.717) is 17.6 Å². The van der Waals surface area contributed by atoms with E-state index in [2.05, 4.69) is 6.92 Å². The third-order valence-electron chi connectivity index (χ3n) is 5.74. The Balaban J connectivity index is 1.66. The topological polar surface area (TPSA) is 37.4 Å². The van der Waals surface area contributed by atoms with Crippen LogP contribution in [0.1, 0.15) is 49.5 Å². The SMILES string of the molecule is CC1CC(CC(=O)c2ccc3c(c2)C(C)(C)C(=O)N3c2ccccc2)CS1. The van der Waals surface area contributed by atoms with Gasteiger partial charge in [0.25, 0.3) is 0 Å². The predicted molar refractivity (Wildman–Crippen MR) is 112 cm³/mol. The monoisotopic (exact) mass is 379 g/mol. The van der Waals surface area contributed by atoms with Gasteiger partial charge < -0.3 is 0 Å². The minimum absolute atomic E-state index is 0.0503. The number of carbonyl (C=O) groups is 2. The van der Waals surface area contributed by atoms with Crippen molar-refractivity contribution in [1.82, 2.24) is 0 Å². The molecule has 27 heavy (non-hydrogen) atoms. The molecule has 140 valence electrons. The second-order valence-corrected chi connectivity index (χ2v) is 9.68. The molecule has 2 aliphatic heterocycles. The largest absolute Gasteiger partial charge is 0.294 e. The molecule has 2 heterocycles. The van der Waals surface area contributed by atoms with Crippen LogP contribution < -0.4 is 4.90 Å². The van der Waals surface area contributed by atoms with Gasteiger partial charge in [-0.2, -0.15) is 11.8 Å². The molecule has 4 rings (SSSR count). The van der Waals surface area contributed by atoms with E-state index in [1.807, 2.05) is 74.1 Å². The third-order valence-corrected chi connectivity index (χ3v) is 7.17. The molecule has 2 atom stereocenters. The zero-order chi connectivity index (χ0) is 19.2. The molecule has 2 unspecified atom stereocenters. The van der Waals surface area contributed by atoms with Gasteiger partial charge in [-0.05, 0) is 67.8 Å². The first-order valence-corrected chi connectivity index (χ1v) is 10.6. The van der Waals surface area contributed by atoms with E-state index in [4.69, 9.17) is 0 Å². The van der Waals surface area contributed by atoms with Crippen molar-refractivity contribution in [1.29, 1.82) is 0 Å². The van der Waals surface area contributed by atoms with E-state index >= 15 is 0 Å². The molecule has 0 spiro atoms. The van der Waals surface area contributed by atoms with Crippen molar-refractivity contribution < 1.29 is 9.59 Å². The maximum atomic E-state index is 13.1. The van der Waals surface area contributed by atoms with Crippen LogP contribution in [0.2, 0.25) is 0 Å². The Bertz CT molecular complexity index is 891. The number of nitrogens with zero attached hydrogens (tertiary/aromatic N) is 1. The molecule has 0 aromatic heterocycles. The van der Waals surface area contributed by atoms with Crippen LogP contribution in [0.4, 0.5) is 11.4 Å². The quantitative estimate of drug-likeness (QED) is 0.671. The third kappa shape index (κ3) is 3.20. The van der Waals surface area contributed by atoms with Gasteiger partial charge in [-0.15, -0.1) is 0 Å². The van der Waals surface area contributed by atoms with E-state index in [9.17, 15) is 9.59 Å². The number of fused-ring (bicyclic) bond motifs is 1. The van der Waals surface area contributed by atoms with Crippen LogP contribution in [-0.2, 0) is 10.2 Å². The van der Waals surface area contributed by atoms with Crippen molar-refractivity contribution in [3.05, 3.63) is 59.7 Å². The van der Waals surface area contributed by atoms with Gasteiger partial charge in [-0.3, -0.25) is 14.5 Å². The van der Waals surface area contributed by atoms with Gasteiger partial charge in [0.2, 0.25) is 5.91 Å². The summed E-state index contributed by atoms with van der Waals surface area (Å²) in [6, 6.07) is 15.5. The van der Waals surface area contributed by atoms with Crippen LogP contribution in [-0.4, -0.2) is 22.7 Å². The number of benzene rings is 2. The zero-order valence-electron chi connectivity index (χ0n) is 16.1. The van der Waals surface area contributed by atoms with Gasteiger partial charge in [0, 0.05) is 22.9 Å². The summed E-state index contributed by atoms with van der Waals surface area (Å²) in [4.78, 5) is 27.7. The number of amides is 1. The van der Waals surface area contributed by atoms with Crippen LogP contribution >= 0.6 is 11.8 Å². The summed E-state index contributed by atoms with van der Waals surface area (Å²) in [6.45, 7) is 6.12. The smallest absolute Gasteiger partial charge is 0.241 e. The Morgan fingerprint density at radius 1 is 1.19 bits per heavy atom. The molecular formula is C23H25NO2S. The Hall–Kier alpha value is -2.07. The minimum atomic E-state index is -0.640. The number of thioether (sulfide) groups is 1. The van der Waals surface area contributed by atoms with Crippen molar-refractivity contribution in [2.45, 2.75) is 44.3 Å². The number of ketones is 1. The second-order valence-electron chi connectivity index (χ2n) is 8.21. The molecule has 0 aliphatic carbocycles. The Kier molecular flexibility index (Phi) is 4.63. The standard InChI is InChI=1S/C23H25NO2S/c1-15-11-16(14-27-15)12-21(25)17-9-10-20-19(13-17)23(2,3)22(26)24(20)18-7-5-4-6-8-18/h4-10,13,15-16H,11-12,14H2,1-3H3. The van der Waals surface area contributed by atoms with E-state index in [1.54, 1.807) is 4.90 Å². The number of hydrogen-bond acceptors (Lipinski definition) is 3. The number of rotatable bonds is 4. The molecule has 3 nitrogen and oxygen atoms in total. The van der Waals surface area contributed by atoms with Crippen LogP contribution in [0.5, 0.6) is 0 Å². The van der Waals surface area contributed by atoms with Gasteiger partial charge in [-0.25, -0.2) is 0 Å². The van der Waals surface area contributed by atoms with Crippen LogP contribution in [0.3, 0.4) is 0 Å². The first-order chi connectivity index (χ1) is 12.9. The second kappa shape index (κ2) is 6.83. The van der Waals surface area contributed by atoms with E-state index in [1.165, 1.54) is 0 Å². The molecule has 1 amide bonds. The number of Topliss-reactive ketones (excluding diaryl/α,β-unsaturated/α-hetero) is 1. The highest BCUT2D eigenvalue weighted by Gasteiger charge is 2.44. The fraction of sp³-hybridized carbons (Fsp3) is 0.391. The summed E-state index contributed by atoms with van der Waals surface area (Å²) < 4.78 is 0. The molecule has 0 saturated carbocycles. The van der Waals surface area contributed by atoms with Crippen LogP contribution in [0.25, 0.3) is 0 Å². The Morgan fingerprint density at radius 2 is 1.93 bits per heavy atom. The van der Waals surface area contributed by atoms with Gasteiger partial charge >= 0.3 is 0 Å². The van der Waals surface area contributed by atoms with E-state index in [-0.39, 0.29) is 11.7 Å². The number of anilines is 2. The van der Waals surface area contributed by atoms with E-state index < -0.39 is 5.41 Å². The van der Waals surface area contributed by atoms with Gasteiger partial charge in [-0.1, -0.05) is 25.1 Å². The molecule has 4 heteroatoms. The highest BCUT2D eigenvalue weighted by Crippen LogP contribution is 2.45. The Morgan fingerprint density at radius 3 is 2.59 bits per heavy atom. The normalized spacial score (nSPS) is 23.5. The molecule has 0 radical (unpaired) electrons. The Labute approximate surface area is 165 Å². The number of hydrogen-bond donors (Lipinski definition) is 0. The lowest BCUT2D eigenvalue weighted by atomic mass is 9.84. The maximum absolute atomic E-state index is 13.1. The molecule has 2 aliphatic rings. The molecular weight excluding hydrogens is 354 g/mol. The number of para-hydroxylation sites is 1. The van der Waals surface area contributed by atoms with Crippen molar-refractivity contribution in [2.24, 2.45) is 5.92 Å².